The molecule has 3 rings (SSSR count). The van der Waals surface area contributed by atoms with Crippen LogP contribution in [0.15, 0.2) is 36.4 Å². The highest BCUT2D eigenvalue weighted by Gasteiger charge is 2.18. The Morgan fingerprint density at radius 1 is 1.23 bits per heavy atom. The summed E-state index contributed by atoms with van der Waals surface area (Å²) in [7, 11) is 1.57. The minimum atomic E-state index is -0.279. The molecule has 22 heavy (non-hydrogen) atoms. The molecule has 0 aliphatic carbocycles. The Bertz CT molecular complexity index is 739. The van der Waals surface area contributed by atoms with E-state index < -0.39 is 0 Å². The summed E-state index contributed by atoms with van der Waals surface area (Å²) < 4.78 is 15.8. The molecule has 0 aromatic heterocycles. The number of methoxy groups -OCH3 is 1. The number of rotatable bonds is 4. The van der Waals surface area contributed by atoms with Gasteiger partial charge in [0, 0.05) is 0 Å². The second-order valence-corrected chi connectivity index (χ2v) is 5.37. The molecule has 0 saturated heterocycles. The maximum absolute atomic E-state index is 9.48. The lowest BCUT2D eigenvalue weighted by Crippen LogP contribution is -2.01. The van der Waals surface area contributed by atoms with Crippen LogP contribution < -0.4 is 14.2 Å². The van der Waals surface area contributed by atoms with Gasteiger partial charge in [-0.05, 0) is 41.8 Å². The molecular formula is C17H14ClNO3. The predicted octanol–water partition coefficient (Wildman–Crippen LogP) is 3.93. The van der Waals surface area contributed by atoms with Crippen LogP contribution in [0.25, 0.3) is 0 Å². The highest BCUT2D eigenvalue weighted by Crippen LogP contribution is 2.35. The number of fused-ring (bicyclic) bond motifs is 1. The van der Waals surface area contributed by atoms with E-state index in [1.54, 1.807) is 7.11 Å². The van der Waals surface area contributed by atoms with Crippen LogP contribution >= 0.6 is 11.6 Å². The quantitative estimate of drug-likeness (QED) is 0.858. The standard InChI is InChI=1S/C17H14ClNO3/c1-20-15-4-2-11(7-14(15)18)6-13(9-19)12-3-5-16-17(8-12)22-10-21-16/h2-5,7-8,13H,6,10H2,1H3. The zero-order valence-electron chi connectivity index (χ0n) is 12.0. The smallest absolute Gasteiger partial charge is 0.231 e. The Hall–Kier alpha value is -2.38. The molecule has 1 aliphatic rings. The fraction of sp³-hybridized carbons (Fsp3) is 0.235. The van der Waals surface area contributed by atoms with Crippen LogP contribution in [0.5, 0.6) is 17.2 Å². The largest absolute Gasteiger partial charge is 0.495 e. The molecule has 112 valence electrons. The van der Waals surface area contributed by atoms with Crippen molar-refractivity contribution in [1.82, 2.24) is 0 Å². The van der Waals surface area contributed by atoms with E-state index in [-0.39, 0.29) is 12.7 Å². The zero-order chi connectivity index (χ0) is 15.5. The van der Waals surface area contributed by atoms with Crippen molar-refractivity contribution in [2.75, 3.05) is 13.9 Å². The third kappa shape index (κ3) is 2.81. The third-order valence-electron chi connectivity index (χ3n) is 3.61. The lowest BCUT2D eigenvalue weighted by Gasteiger charge is -2.11. The van der Waals surface area contributed by atoms with E-state index in [0.29, 0.717) is 28.7 Å². The van der Waals surface area contributed by atoms with Crippen LogP contribution in [0.1, 0.15) is 17.0 Å². The monoisotopic (exact) mass is 315 g/mol. The van der Waals surface area contributed by atoms with Crippen molar-refractivity contribution < 1.29 is 14.2 Å². The maximum atomic E-state index is 9.48. The SMILES string of the molecule is COc1ccc(CC(C#N)c2ccc3c(c2)OCO3)cc1Cl. The van der Waals surface area contributed by atoms with Crippen LogP contribution in [0.3, 0.4) is 0 Å². The molecule has 1 aliphatic heterocycles. The summed E-state index contributed by atoms with van der Waals surface area (Å²) in [5.41, 5.74) is 1.88. The average molecular weight is 316 g/mol. The van der Waals surface area contributed by atoms with E-state index in [9.17, 15) is 5.26 Å². The normalized spacial score (nSPS) is 13.5. The van der Waals surface area contributed by atoms with Crippen molar-refractivity contribution in [3.05, 3.63) is 52.5 Å². The minimum absolute atomic E-state index is 0.226. The number of halogens is 1. The lowest BCUT2D eigenvalue weighted by molar-refractivity contribution is 0.174. The fourth-order valence-electron chi connectivity index (χ4n) is 2.44. The molecule has 2 aromatic carbocycles. The molecule has 1 heterocycles. The summed E-state index contributed by atoms with van der Waals surface area (Å²) in [6.07, 6.45) is 0.569. The van der Waals surface area contributed by atoms with Gasteiger partial charge in [-0.2, -0.15) is 5.26 Å². The van der Waals surface area contributed by atoms with Crippen molar-refractivity contribution in [2.45, 2.75) is 12.3 Å². The molecule has 0 N–H and O–H groups in total. The Morgan fingerprint density at radius 2 is 2.05 bits per heavy atom. The number of ether oxygens (including phenoxy) is 3. The van der Waals surface area contributed by atoms with E-state index >= 15 is 0 Å². The topological polar surface area (TPSA) is 51.5 Å². The average Bonchev–Trinajstić information content (AvgIpc) is 3.00. The summed E-state index contributed by atoms with van der Waals surface area (Å²) in [4.78, 5) is 0. The van der Waals surface area contributed by atoms with Gasteiger partial charge >= 0.3 is 0 Å². The predicted molar refractivity (Wildman–Crippen MR) is 82.6 cm³/mol. The van der Waals surface area contributed by atoms with Gasteiger partial charge in [-0.25, -0.2) is 0 Å². The van der Waals surface area contributed by atoms with E-state index in [0.717, 1.165) is 11.1 Å². The van der Waals surface area contributed by atoms with E-state index in [1.807, 2.05) is 36.4 Å². The molecule has 1 atom stereocenters. The van der Waals surface area contributed by atoms with E-state index in [1.165, 1.54) is 0 Å². The summed E-state index contributed by atoms with van der Waals surface area (Å²) in [5, 5.41) is 10.0. The first kappa shape index (κ1) is 14.6. The molecule has 0 saturated carbocycles. The first-order valence-electron chi connectivity index (χ1n) is 6.83. The van der Waals surface area contributed by atoms with Crippen LogP contribution in [-0.4, -0.2) is 13.9 Å². The van der Waals surface area contributed by atoms with Gasteiger partial charge in [0.2, 0.25) is 6.79 Å². The second-order valence-electron chi connectivity index (χ2n) is 4.97. The number of nitriles is 1. The molecule has 0 amide bonds. The zero-order valence-corrected chi connectivity index (χ0v) is 12.8. The highest BCUT2D eigenvalue weighted by atomic mass is 35.5. The Kier molecular flexibility index (Phi) is 4.08. The Labute approximate surface area is 133 Å². The van der Waals surface area contributed by atoms with Gasteiger partial charge in [-0.15, -0.1) is 0 Å². The first-order chi connectivity index (χ1) is 10.7. The van der Waals surface area contributed by atoms with Crippen molar-refractivity contribution in [1.29, 1.82) is 5.26 Å². The number of benzene rings is 2. The number of nitrogens with zero attached hydrogens (tertiary/aromatic N) is 1. The molecule has 5 heteroatoms. The van der Waals surface area contributed by atoms with Crippen LogP contribution in [0.4, 0.5) is 0 Å². The Balaban J connectivity index is 1.83. The molecule has 0 bridgehead atoms. The fourth-order valence-corrected chi connectivity index (χ4v) is 2.72. The minimum Gasteiger partial charge on any atom is -0.495 e. The summed E-state index contributed by atoms with van der Waals surface area (Å²) in [6, 6.07) is 13.5. The number of hydrogen-bond donors (Lipinski definition) is 0. The molecule has 0 spiro atoms. The van der Waals surface area contributed by atoms with Crippen molar-refractivity contribution in [3.8, 4) is 23.3 Å². The van der Waals surface area contributed by atoms with Gasteiger partial charge in [0.1, 0.15) is 5.75 Å². The summed E-state index contributed by atoms with van der Waals surface area (Å²) in [6.45, 7) is 0.226. The van der Waals surface area contributed by atoms with Gasteiger partial charge in [-0.3, -0.25) is 0 Å². The first-order valence-corrected chi connectivity index (χ1v) is 7.20. The van der Waals surface area contributed by atoms with Crippen LogP contribution in [-0.2, 0) is 6.42 Å². The molecule has 0 fully saturated rings. The van der Waals surface area contributed by atoms with Gasteiger partial charge in [-0.1, -0.05) is 23.7 Å². The second kappa shape index (κ2) is 6.17. The van der Waals surface area contributed by atoms with Crippen molar-refractivity contribution in [3.63, 3.8) is 0 Å². The molecule has 0 radical (unpaired) electrons. The van der Waals surface area contributed by atoms with E-state index in [4.69, 9.17) is 25.8 Å². The van der Waals surface area contributed by atoms with Crippen LogP contribution in [0, 0.1) is 11.3 Å². The number of hydrogen-bond acceptors (Lipinski definition) is 4. The highest BCUT2D eigenvalue weighted by molar-refractivity contribution is 6.32. The third-order valence-corrected chi connectivity index (χ3v) is 3.91. The summed E-state index contributed by atoms with van der Waals surface area (Å²) >= 11 is 6.13. The molecular weight excluding hydrogens is 302 g/mol. The van der Waals surface area contributed by atoms with Gasteiger partial charge in [0.15, 0.2) is 11.5 Å². The maximum Gasteiger partial charge on any atom is 0.231 e. The van der Waals surface area contributed by atoms with Gasteiger partial charge in [0.25, 0.3) is 0 Å². The van der Waals surface area contributed by atoms with Gasteiger partial charge in [0.05, 0.1) is 24.1 Å². The Morgan fingerprint density at radius 3 is 2.77 bits per heavy atom. The molecule has 2 aromatic rings. The van der Waals surface area contributed by atoms with Crippen LogP contribution in [0.2, 0.25) is 5.02 Å². The summed E-state index contributed by atoms with van der Waals surface area (Å²) in [5.74, 6) is 1.75. The van der Waals surface area contributed by atoms with Crippen molar-refractivity contribution in [2.24, 2.45) is 0 Å². The molecule has 4 nitrogen and oxygen atoms in total. The van der Waals surface area contributed by atoms with Crippen molar-refractivity contribution >= 4 is 11.6 Å². The molecule has 1 unspecified atom stereocenters. The van der Waals surface area contributed by atoms with Gasteiger partial charge < -0.3 is 14.2 Å². The lowest BCUT2D eigenvalue weighted by atomic mass is 9.93. The van der Waals surface area contributed by atoms with E-state index in [2.05, 4.69) is 6.07 Å².